The number of fused-ring (bicyclic) bond motifs is 8. The van der Waals surface area contributed by atoms with Crippen LogP contribution in [0.4, 0.5) is 17.1 Å². The first kappa shape index (κ1) is 30.0. The highest BCUT2D eigenvalue weighted by Gasteiger charge is 2.40. The second-order valence-electron chi connectivity index (χ2n) is 16.6. The van der Waals surface area contributed by atoms with Gasteiger partial charge in [-0.1, -0.05) is 125 Å². The van der Waals surface area contributed by atoms with Gasteiger partial charge in [0, 0.05) is 27.9 Å². The summed E-state index contributed by atoms with van der Waals surface area (Å²) < 4.78 is 0. The normalized spacial score (nSPS) is 21.4. The Balaban J connectivity index is 1.04. The molecule has 2 bridgehead atoms. The van der Waals surface area contributed by atoms with Gasteiger partial charge in [0.15, 0.2) is 0 Å². The standard InChI is InChI=1S/C49H45N/c1-48(2)44-11-7-5-9-39(44)41-25-19-34(29-46(41)48)32-15-20-36(21-16-32)50(37-22-17-33(18-23-37)43-28-31-13-14-35(43)27-31)38-24-26-42-40-10-6-8-12-45(40)49(3,4)47(42)30-38/h5-12,15-26,29-31,35,43H,13-14,27-28H2,1-4H3. The van der Waals surface area contributed by atoms with Crippen molar-refractivity contribution in [3.05, 3.63) is 161 Å². The minimum absolute atomic E-state index is 0.0100. The molecule has 6 aromatic rings. The Morgan fingerprint density at radius 2 is 0.980 bits per heavy atom. The zero-order chi connectivity index (χ0) is 33.8. The summed E-state index contributed by atoms with van der Waals surface area (Å²) in [7, 11) is 0. The Hall–Kier alpha value is -4.88. The maximum atomic E-state index is 2.47. The van der Waals surface area contributed by atoms with Crippen LogP contribution in [0.1, 0.15) is 87.1 Å². The summed E-state index contributed by atoms with van der Waals surface area (Å²) in [5.41, 5.74) is 18.7. The summed E-state index contributed by atoms with van der Waals surface area (Å²) in [5.74, 6) is 2.57. The number of hydrogen-bond donors (Lipinski definition) is 0. The van der Waals surface area contributed by atoms with E-state index in [1.165, 1.54) is 104 Å². The van der Waals surface area contributed by atoms with E-state index in [1.54, 1.807) is 0 Å². The molecule has 0 N–H and O–H groups in total. The van der Waals surface area contributed by atoms with E-state index in [2.05, 4.69) is 166 Å². The Bertz CT molecular complexity index is 2290. The highest BCUT2D eigenvalue weighted by Crippen LogP contribution is 2.54. The Morgan fingerprint density at radius 1 is 0.460 bits per heavy atom. The fourth-order valence-electron chi connectivity index (χ4n) is 10.5. The predicted molar refractivity (Wildman–Crippen MR) is 210 cm³/mol. The third-order valence-electron chi connectivity index (χ3n) is 13.2. The molecule has 10 rings (SSSR count). The highest BCUT2D eigenvalue weighted by atomic mass is 15.1. The van der Waals surface area contributed by atoms with Gasteiger partial charge in [-0.2, -0.15) is 0 Å². The number of benzene rings is 6. The van der Waals surface area contributed by atoms with Crippen LogP contribution in [0.2, 0.25) is 0 Å². The summed E-state index contributed by atoms with van der Waals surface area (Å²) >= 11 is 0. The highest BCUT2D eigenvalue weighted by molar-refractivity contribution is 5.87. The lowest BCUT2D eigenvalue weighted by Gasteiger charge is -2.29. The zero-order valence-corrected chi connectivity index (χ0v) is 29.7. The molecule has 1 heteroatoms. The van der Waals surface area contributed by atoms with Crippen molar-refractivity contribution in [1.29, 1.82) is 0 Å². The van der Waals surface area contributed by atoms with Crippen LogP contribution in [-0.4, -0.2) is 0 Å². The van der Waals surface area contributed by atoms with Gasteiger partial charge in [-0.3, -0.25) is 0 Å². The molecule has 0 aliphatic heterocycles. The van der Waals surface area contributed by atoms with Gasteiger partial charge in [-0.15, -0.1) is 0 Å². The number of nitrogens with zero attached hydrogens (tertiary/aromatic N) is 1. The fraction of sp³-hybridized carbons (Fsp3) is 0.265. The first-order valence-corrected chi connectivity index (χ1v) is 18.8. The predicted octanol–water partition coefficient (Wildman–Crippen LogP) is 13.3. The summed E-state index contributed by atoms with van der Waals surface area (Å²) in [6.07, 6.45) is 5.67. The molecule has 246 valence electrons. The van der Waals surface area contributed by atoms with Crippen molar-refractivity contribution in [3.8, 4) is 33.4 Å². The Kier molecular flexibility index (Phi) is 6.48. The van der Waals surface area contributed by atoms with Crippen molar-refractivity contribution in [1.82, 2.24) is 0 Å². The van der Waals surface area contributed by atoms with Crippen molar-refractivity contribution in [2.45, 2.75) is 70.1 Å². The summed E-state index contributed by atoms with van der Waals surface area (Å²) in [6.45, 7) is 9.48. The average Bonchev–Trinajstić information content (AvgIpc) is 3.89. The van der Waals surface area contributed by atoms with Gasteiger partial charge < -0.3 is 4.90 Å². The van der Waals surface area contributed by atoms with Crippen LogP contribution in [0.5, 0.6) is 0 Å². The molecule has 3 unspecified atom stereocenters. The molecular weight excluding hydrogens is 603 g/mol. The Labute approximate surface area is 297 Å². The molecule has 4 aliphatic rings. The van der Waals surface area contributed by atoms with Gasteiger partial charge in [0.05, 0.1) is 0 Å². The molecule has 50 heavy (non-hydrogen) atoms. The smallest absolute Gasteiger partial charge is 0.0465 e. The quantitative estimate of drug-likeness (QED) is 0.180. The lowest BCUT2D eigenvalue weighted by Crippen LogP contribution is -2.16. The zero-order valence-electron chi connectivity index (χ0n) is 29.7. The maximum Gasteiger partial charge on any atom is 0.0465 e. The topological polar surface area (TPSA) is 3.24 Å². The summed E-state index contributed by atoms with van der Waals surface area (Å²) in [4.78, 5) is 2.47. The van der Waals surface area contributed by atoms with Crippen molar-refractivity contribution in [2.75, 3.05) is 4.90 Å². The van der Waals surface area contributed by atoms with E-state index in [1.807, 2.05) is 0 Å². The van der Waals surface area contributed by atoms with Crippen LogP contribution in [0.3, 0.4) is 0 Å². The Morgan fingerprint density at radius 3 is 1.58 bits per heavy atom. The van der Waals surface area contributed by atoms with Crippen LogP contribution < -0.4 is 4.90 Å². The van der Waals surface area contributed by atoms with Crippen LogP contribution in [0, 0.1) is 11.8 Å². The average molecular weight is 648 g/mol. The van der Waals surface area contributed by atoms with Crippen molar-refractivity contribution in [2.24, 2.45) is 11.8 Å². The van der Waals surface area contributed by atoms with Gasteiger partial charge in [-0.25, -0.2) is 0 Å². The van der Waals surface area contributed by atoms with E-state index in [9.17, 15) is 0 Å². The lowest BCUT2D eigenvalue weighted by atomic mass is 9.81. The van der Waals surface area contributed by atoms with E-state index in [0.29, 0.717) is 0 Å². The van der Waals surface area contributed by atoms with E-state index < -0.39 is 0 Å². The molecule has 0 heterocycles. The second-order valence-corrected chi connectivity index (χ2v) is 16.6. The van der Waals surface area contributed by atoms with Gasteiger partial charge in [0.1, 0.15) is 0 Å². The fourth-order valence-corrected chi connectivity index (χ4v) is 10.5. The van der Waals surface area contributed by atoms with Crippen molar-refractivity contribution in [3.63, 3.8) is 0 Å². The third kappa shape index (κ3) is 4.38. The van der Waals surface area contributed by atoms with Crippen LogP contribution in [0.15, 0.2) is 133 Å². The maximum absolute atomic E-state index is 2.47. The minimum atomic E-state index is -0.0515. The summed E-state index contributed by atoms with van der Waals surface area (Å²) in [5, 5.41) is 0. The molecule has 2 saturated carbocycles. The minimum Gasteiger partial charge on any atom is -0.310 e. The number of anilines is 3. The van der Waals surface area contributed by atoms with E-state index >= 15 is 0 Å². The first-order chi connectivity index (χ1) is 24.3. The van der Waals surface area contributed by atoms with Crippen LogP contribution in [0.25, 0.3) is 33.4 Å². The van der Waals surface area contributed by atoms with Gasteiger partial charge in [-0.05, 0) is 141 Å². The molecule has 1 nitrogen and oxygen atoms in total. The molecule has 6 aromatic carbocycles. The van der Waals surface area contributed by atoms with Crippen LogP contribution >= 0.6 is 0 Å². The molecule has 0 spiro atoms. The first-order valence-electron chi connectivity index (χ1n) is 18.8. The molecule has 0 aromatic heterocycles. The van der Waals surface area contributed by atoms with Gasteiger partial charge >= 0.3 is 0 Å². The lowest BCUT2D eigenvalue weighted by molar-refractivity contribution is 0.420. The van der Waals surface area contributed by atoms with Crippen molar-refractivity contribution < 1.29 is 0 Å². The molecule has 0 radical (unpaired) electrons. The molecule has 2 fully saturated rings. The summed E-state index contributed by atoms with van der Waals surface area (Å²) in [6, 6.07) is 50.9. The van der Waals surface area contributed by atoms with Gasteiger partial charge in [0.25, 0.3) is 0 Å². The number of hydrogen-bond acceptors (Lipinski definition) is 1. The van der Waals surface area contributed by atoms with Crippen LogP contribution in [-0.2, 0) is 10.8 Å². The molecule has 3 atom stereocenters. The largest absolute Gasteiger partial charge is 0.310 e. The van der Waals surface area contributed by atoms with Crippen molar-refractivity contribution >= 4 is 17.1 Å². The molecule has 0 saturated heterocycles. The molecule has 4 aliphatic carbocycles. The molecular formula is C49H45N. The molecule has 0 amide bonds. The van der Waals surface area contributed by atoms with Gasteiger partial charge in [0.2, 0.25) is 0 Å². The van der Waals surface area contributed by atoms with E-state index in [4.69, 9.17) is 0 Å². The monoisotopic (exact) mass is 647 g/mol. The SMILES string of the molecule is CC1(C)c2ccccc2-c2ccc(-c3ccc(N(c4ccc(C5CC6CCC5C6)cc4)c4ccc5c(c4)C(C)(C)c4ccccc4-5)cc3)cc21. The third-order valence-corrected chi connectivity index (χ3v) is 13.2. The number of rotatable bonds is 5. The van der Waals surface area contributed by atoms with E-state index in [0.717, 1.165) is 17.8 Å². The van der Waals surface area contributed by atoms with E-state index in [-0.39, 0.29) is 10.8 Å². The second kappa shape index (κ2) is 10.8.